The van der Waals surface area contributed by atoms with E-state index in [1.807, 2.05) is 20.0 Å². The van der Waals surface area contributed by atoms with Gasteiger partial charge in [-0.3, -0.25) is 5.10 Å². The molecule has 2 N–H and O–H groups in total. The van der Waals surface area contributed by atoms with Crippen LogP contribution in [-0.2, 0) is 13.0 Å². The van der Waals surface area contributed by atoms with Crippen molar-refractivity contribution in [2.45, 2.75) is 52.8 Å². The normalized spacial score (nSPS) is 17.7. The highest BCUT2D eigenvalue weighted by Crippen LogP contribution is 2.35. The van der Waals surface area contributed by atoms with Crippen LogP contribution in [0.2, 0.25) is 0 Å². The third-order valence-corrected chi connectivity index (χ3v) is 4.31. The van der Waals surface area contributed by atoms with Gasteiger partial charge in [-0.25, -0.2) is 0 Å². The highest BCUT2D eigenvalue weighted by Gasteiger charge is 2.22. The van der Waals surface area contributed by atoms with Crippen molar-refractivity contribution in [2.75, 3.05) is 6.61 Å². The zero-order chi connectivity index (χ0) is 16.4. The molecule has 0 unspecified atom stereocenters. The van der Waals surface area contributed by atoms with E-state index in [-0.39, 0.29) is 12.1 Å². The summed E-state index contributed by atoms with van der Waals surface area (Å²) in [5.41, 5.74) is 4.66. The molecule has 2 heterocycles. The van der Waals surface area contributed by atoms with Gasteiger partial charge in [-0.2, -0.15) is 5.10 Å². The van der Waals surface area contributed by atoms with Gasteiger partial charge in [0.05, 0.1) is 12.8 Å². The summed E-state index contributed by atoms with van der Waals surface area (Å²) < 4.78 is 11.7. The van der Waals surface area contributed by atoms with E-state index in [0.29, 0.717) is 6.61 Å². The number of fused-ring (bicyclic) bond motifs is 1. The second kappa shape index (κ2) is 6.62. The molecule has 2 atom stereocenters. The quantitative estimate of drug-likeness (QED) is 0.859. The van der Waals surface area contributed by atoms with Gasteiger partial charge >= 0.3 is 0 Å². The maximum atomic E-state index is 5.88. The first kappa shape index (κ1) is 15.9. The smallest absolute Gasteiger partial charge is 0.124 e. The van der Waals surface area contributed by atoms with Crippen LogP contribution in [0.15, 0.2) is 18.3 Å². The van der Waals surface area contributed by atoms with E-state index in [1.54, 1.807) is 0 Å². The topological polar surface area (TPSA) is 59.2 Å². The lowest BCUT2D eigenvalue weighted by atomic mass is 10.1. The molecule has 1 aliphatic heterocycles. The average molecular weight is 315 g/mol. The highest BCUT2D eigenvalue weighted by molar-refractivity contribution is 5.48. The lowest BCUT2D eigenvalue weighted by molar-refractivity contribution is 0.254. The summed E-state index contributed by atoms with van der Waals surface area (Å²) in [6.07, 6.45) is 3.08. The molecule has 0 saturated carbocycles. The first-order chi connectivity index (χ1) is 11.1. The van der Waals surface area contributed by atoms with Crippen LogP contribution in [0.1, 0.15) is 49.2 Å². The largest absolute Gasteiger partial charge is 0.494 e. The molecule has 1 aromatic heterocycles. The van der Waals surface area contributed by atoms with Gasteiger partial charge in [0, 0.05) is 41.4 Å². The second-order valence-corrected chi connectivity index (χ2v) is 6.19. The zero-order valence-corrected chi connectivity index (χ0v) is 14.3. The maximum Gasteiger partial charge on any atom is 0.124 e. The fourth-order valence-electron chi connectivity index (χ4n) is 3.08. The summed E-state index contributed by atoms with van der Waals surface area (Å²) in [5, 5.41) is 10.6. The molecule has 2 aromatic rings. The van der Waals surface area contributed by atoms with Crippen molar-refractivity contribution in [2.24, 2.45) is 0 Å². The van der Waals surface area contributed by atoms with Gasteiger partial charge in [0.2, 0.25) is 0 Å². The third-order valence-electron chi connectivity index (χ3n) is 4.31. The molecule has 0 bridgehead atoms. The van der Waals surface area contributed by atoms with Crippen molar-refractivity contribution in [1.29, 1.82) is 0 Å². The highest BCUT2D eigenvalue weighted by atomic mass is 16.5. The molecule has 3 rings (SSSR count). The molecule has 5 heteroatoms. The fraction of sp³-hybridized carbons (Fsp3) is 0.500. The Balaban J connectivity index is 1.76. The molecule has 1 aromatic carbocycles. The lowest BCUT2D eigenvalue weighted by Gasteiger charge is -2.17. The van der Waals surface area contributed by atoms with Crippen LogP contribution in [0.25, 0.3) is 0 Å². The first-order valence-electron chi connectivity index (χ1n) is 8.27. The molecule has 0 fully saturated rings. The van der Waals surface area contributed by atoms with Gasteiger partial charge in [0.15, 0.2) is 0 Å². The minimum atomic E-state index is 0.219. The molecule has 0 aliphatic carbocycles. The Bertz CT molecular complexity index is 681. The number of benzene rings is 1. The van der Waals surface area contributed by atoms with Crippen molar-refractivity contribution >= 4 is 0 Å². The van der Waals surface area contributed by atoms with Crippen LogP contribution < -0.4 is 14.8 Å². The van der Waals surface area contributed by atoms with Gasteiger partial charge < -0.3 is 14.8 Å². The van der Waals surface area contributed by atoms with Crippen molar-refractivity contribution in [3.63, 3.8) is 0 Å². The summed E-state index contributed by atoms with van der Waals surface area (Å²) in [6.45, 7) is 9.69. The standard InChI is InChI=1S/C18H25N3O2/c1-5-22-17-7-14-6-11(2)23-18(14)8-15(17)9-19-12(3)16-10-20-21-13(16)4/h7-8,10-12,19H,5-6,9H2,1-4H3,(H,20,21)/t11-,12-/m1/s1. The predicted molar refractivity (Wildman–Crippen MR) is 90.0 cm³/mol. The summed E-state index contributed by atoms with van der Waals surface area (Å²) in [7, 11) is 0. The monoisotopic (exact) mass is 315 g/mol. The summed E-state index contributed by atoms with van der Waals surface area (Å²) in [6, 6.07) is 4.47. The number of H-pyrrole nitrogens is 1. The van der Waals surface area contributed by atoms with E-state index in [4.69, 9.17) is 9.47 Å². The molecule has 0 amide bonds. The molecule has 0 saturated heterocycles. The van der Waals surface area contributed by atoms with Crippen LogP contribution >= 0.6 is 0 Å². The number of rotatable bonds is 6. The third kappa shape index (κ3) is 3.34. The summed E-state index contributed by atoms with van der Waals surface area (Å²) >= 11 is 0. The van der Waals surface area contributed by atoms with Gasteiger partial charge in [0.1, 0.15) is 17.6 Å². The van der Waals surface area contributed by atoms with E-state index >= 15 is 0 Å². The van der Waals surface area contributed by atoms with Crippen LogP contribution in [0.5, 0.6) is 11.5 Å². The molecule has 5 nitrogen and oxygen atoms in total. The number of ether oxygens (including phenoxy) is 2. The summed E-state index contributed by atoms with van der Waals surface area (Å²) in [5.74, 6) is 1.94. The van der Waals surface area contributed by atoms with Crippen LogP contribution in [0.3, 0.4) is 0 Å². The Labute approximate surface area is 137 Å². The number of aromatic nitrogens is 2. The Hall–Kier alpha value is -2.01. The maximum absolute atomic E-state index is 5.88. The lowest BCUT2D eigenvalue weighted by Crippen LogP contribution is -2.19. The van der Waals surface area contributed by atoms with E-state index in [9.17, 15) is 0 Å². The van der Waals surface area contributed by atoms with E-state index in [0.717, 1.165) is 35.7 Å². The Morgan fingerprint density at radius 1 is 1.48 bits per heavy atom. The van der Waals surface area contributed by atoms with Gasteiger partial charge in [-0.15, -0.1) is 0 Å². The molecule has 0 radical (unpaired) electrons. The number of aromatic amines is 1. The Morgan fingerprint density at radius 2 is 2.30 bits per heavy atom. The van der Waals surface area contributed by atoms with Crippen LogP contribution in [0, 0.1) is 6.92 Å². The Kier molecular flexibility index (Phi) is 4.57. The van der Waals surface area contributed by atoms with Crippen molar-refractivity contribution < 1.29 is 9.47 Å². The number of aryl methyl sites for hydroxylation is 1. The zero-order valence-electron chi connectivity index (χ0n) is 14.3. The molecular weight excluding hydrogens is 290 g/mol. The minimum absolute atomic E-state index is 0.219. The van der Waals surface area contributed by atoms with Crippen LogP contribution in [0.4, 0.5) is 0 Å². The number of hydrogen-bond acceptors (Lipinski definition) is 4. The molecule has 1 aliphatic rings. The average Bonchev–Trinajstić information content (AvgIpc) is 3.09. The van der Waals surface area contributed by atoms with Gasteiger partial charge in [0.25, 0.3) is 0 Å². The number of hydrogen-bond donors (Lipinski definition) is 2. The van der Waals surface area contributed by atoms with Crippen LogP contribution in [-0.4, -0.2) is 22.9 Å². The van der Waals surface area contributed by atoms with Crippen molar-refractivity contribution in [3.05, 3.63) is 40.7 Å². The number of nitrogens with one attached hydrogen (secondary N) is 2. The Morgan fingerprint density at radius 3 is 3.00 bits per heavy atom. The van der Waals surface area contributed by atoms with Crippen molar-refractivity contribution in [3.8, 4) is 11.5 Å². The molecular formula is C18H25N3O2. The van der Waals surface area contributed by atoms with E-state index < -0.39 is 0 Å². The molecule has 124 valence electrons. The van der Waals surface area contributed by atoms with Gasteiger partial charge in [-0.1, -0.05) is 0 Å². The second-order valence-electron chi connectivity index (χ2n) is 6.19. The van der Waals surface area contributed by atoms with E-state index in [2.05, 4.69) is 41.5 Å². The summed E-state index contributed by atoms with van der Waals surface area (Å²) in [4.78, 5) is 0. The minimum Gasteiger partial charge on any atom is -0.494 e. The number of nitrogens with zero attached hydrogens (tertiary/aromatic N) is 1. The van der Waals surface area contributed by atoms with Gasteiger partial charge in [-0.05, 0) is 39.8 Å². The molecule has 23 heavy (non-hydrogen) atoms. The predicted octanol–water partition coefficient (Wildman–Crippen LogP) is 3.29. The molecule has 0 spiro atoms. The first-order valence-corrected chi connectivity index (χ1v) is 8.27. The van der Waals surface area contributed by atoms with E-state index in [1.165, 1.54) is 11.1 Å². The van der Waals surface area contributed by atoms with Crippen molar-refractivity contribution in [1.82, 2.24) is 15.5 Å². The fourth-order valence-corrected chi connectivity index (χ4v) is 3.08. The SMILES string of the molecule is CCOc1cc2c(cc1CN[C@H](C)c1cn[nH]c1C)O[C@H](C)C2.